The molecule has 2 amide bonds. The second-order valence-corrected chi connectivity index (χ2v) is 17.2. The third-order valence-electron chi connectivity index (χ3n) is 9.69. The first kappa shape index (κ1) is 40.3. The monoisotopic (exact) mass is 683 g/mol. The molecule has 1 aliphatic heterocycles. The van der Waals surface area contributed by atoms with Crippen molar-refractivity contribution in [3.63, 3.8) is 0 Å². The summed E-state index contributed by atoms with van der Waals surface area (Å²) in [7, 11) is 1.23. The number of hydrogen-bond donors (Lipinski definition) is 2. The predicted molar refractivity (Wildman–Crippen MR) is 186 cm³/mol. The fourth-order valence-corrected chi connectivity index (χ4v) is 8.89. The Balaban J connectivity index is 2.42. The van der Waals surface area contributed by atoms with Crippen LogP contribution in [0.1, 0.15) is 121 Å². The molecule has 0 spiro atoms. The van der Waals surface area contributed by atoms with E-state index >= 15 is 0 Å². The zero-order valence-corrected chi connectivity index (χ0v) is 32.0. The van der Waals surface area contributed by atoms with E-state index in [0.29, 0.717) is 31.2 Å². The predicted octanol–water partition coefficient (Wildman–Crippen LogP) is 4.62. The van der Waals surface area contributed by atoms with Crippen molar-refractivity contribution < 1.29 is 33.2 Å². The van der Waals surface area contributed by atoms with E-state index in [9.17, 15) is 19.2 Å². The first-order valence-corrected chi connectivity index (χ1v) is 20.5. The number of amides is 2. The molecule has 1 saturated heterocycles. The van der Waals surface area contributed by atoms with Crippen LogP contribution >= 0.6 is 11.3 Å². The highest BCUT2D eigenvalue weighted by molar-refractivity contribution is 7.09. The molecule has 12 heteroatoms. The molecular weight excluding hydrogens is 621 g/mol. The molecule has 0 saturated carbocycles. The fourth-order valence-electron chi connectivity index (χ4n) is 6.34. The van der Waals surface area contributed by atoms with Gasteiger partial charge in [0, 0.05) is 19.1 Å². The molecule has 264 valence electrons. The Labute approximate surface area is 283 Å². The lowest BCUT2D eigenvalue weighted by Crippen LogP contribution is -2.59. The van der Waals surface area contributed by atoms with E-state index < -0.39 is 21.1 Å². The fraction of sp³-hybridized carbons (Fsp3) is 0.824. The zero-order chi connectivity index (χ0) is 34.4. The molecule has 6 atom stereocenters. The first-order valence-electron chi connectivity index (χ1n) is 17.6. The third kappa shape index (κ3) is 11.1. The number of likely N-dealkylation sites (N-methyl/N-ethyl adjacent to an activating group) is 1. The number of nitrogens with zero attached hydrogens (tertiary/aromatic N) is 3. The largest absolute Gasteiger partial charge is 0.461 e. The number of carbonyl (C=O) groups is 3. The van der Waals surface area contributed by atoms with Crippen molar-refractivity contribution in [2.45, 2.75) is 136 Å². The number of rotatable bonds is 20. The quantitative estimate of drug-likeness (QED) is 0.0678. The van der Waals surface area contributed by atoms with Crippen molar-refractivity contribution in [1.29, 1.82) is 0 Å². The van der Waals surface area contributed by atoms with Gasteiger partial charge in [-0.1, -0.05) is 78.6 Å². The number of esters is 1. The first-order chi connectivity index (χ1) is 21.9. The summed E-state index contributed by atoms with van der Waals surface area (Å²) in [5.41, 5.74) is 0.274. The maximum absolute atomic E-state index is 14.6. The van der Waals surface area contributed by atoms with Crippen LogP contribution < -0.4 is 9.88 Å². The van der Waals surface area contributed by atoms with Crippen LogP contribution in [0.15, 0.2) is 5.38 Å². The SMILES string of the molecule is CCCCCOCN(C(=O)C(NC(=O)C1CCCCN1C)C(C)CC)C(CCc1scc(C(=O)OC)[n+]1C(C)[SiH](O)CC)C(C)C. The number of nitrogens with one attached hydrogen (secondary N) is 1. The number of hydrogen-bond acceptors (Lipinski definition) is 8. The van der Waals surface area contributed by atoms with Crippen molar-refractivity contribution in [3.8, 4) is 0 Å². The molecule has 2 N–H and O–H groups in total. The number of methoxy groups -OCH3 is 1. The molecule has 6 unspecified atom stereocenters. The van der Waals surface area contributed by atoms with Gasteiger partial charge in [0.25, 0.3) is 0 Å². The molecule has 0 aromatic carbocycles. The van der Waals surface area contributed by atoms with Crippen molar-refractivity contribution in [2.24, 2.45) is 11.8 Å². The number of thiazole rings is 1. The maximum atomic E-state index is 14.6. The van der Waals surface area contributed by atoms with E-state index in [2.05, 4.69) is 37.9 Å². The van der Waals surface area contributed by atoms with Gasteiger partial charge in [0.1, 0.15) is 12.8 Å². The van der Waals surface area contributed by atoms with E-state index in [1.165, 1.54) is 18.4 Å². The van der Waals surface area contributed by atoms with Gasteiger partial charge in [-0.3, -0.25) is 14.5 Å². The van der Waals surface area contributed by atoms with Crippen LogP contribution in [-0.4, -0.2) is 93.6 Å². The molecule has 1 aliphatic rings. The molecule has 2 rings (SSSR count). The lowest BCUT2D eigenvalue weighted by Gasteiger charge is -2.39. The van der Waals surface area contributed by atoms with E-state index in [4.69, 9.17) is 9.47 Å². The van der Waals surface area contributed by atoms with Gasteiger partial charge in [-0.15, -0.1) is 0 Å². The molecule has 1 aromatic rings. The lowest BCUT2D eigenvalue weighted by molar-refractivity contribution is -0.706. The highest BCUT2D eigenvalue weighted by atomic mass is 32.1. The summed E-state index contributed by atoms with van der Waals surface area (Å²) >= 11 is 1.49. The Morgan fingerprint density at radius 2 is 1.89 bits per heavy atom. The molecule has 1 fully saturated rings. The highest BCUT2D eigenvalue weighted by Crippen LogP contribution is 2.24. The normalized spacial score (nSPS) is 18.9. The summed E-state index contributed by atoms with van der Waals surface area (Å²) < 4.78 is 13.2. The van der Waals surface area contributed by atoms with Gasteiger partial charge in [-0.25, -0.2) is 4.79 Å². The van der Waals surface area contributed by atoms with Crippen molar-refractivity contribution in [1.82, 2.24) is 15.1 Å². The third-order valence-corrected chi connectivity index (χ3v) is 13.0. The molecule has 0 radical (unpaired) electrons. The number of carbonyl (C=O) groups excluding carboxylic acids is 3. The lowest BCUT2D eigenvalue weighted by atomic mass is 9.93. The Morgan fingerprint density at radius 3 is 2.48 bits per heavy atom. The number of unbranched alkanes of at least 4 members (excludes halogenated alkanes) is 2. The van der Waals surface area contributed by atoms with Gasteiger partial charge in [-0.05, 0) is 64.1 Å². The smallest absolute Gasteiger partial charge is 0.404 e. The van der Waals surface area contributed by atoms with Gasteiger partial charge in [0.05, 0.1) is 18.5 Å². The average Bonchev–Trinajstić information content (AvgIpc) is 3.48. The minimum atomic E-state index is -2.13. The average molecular weight is 684 g/mol. The number of likely N-dealkylation sites (tertiary alicyclic amines) is 1. The van der Waals surface area contributed by atoms with Crippen LogP contribution in [0.5, 0.6) is 0 Å². The van der Waals surface area contributed by atoms with Crippen molar-refractivity contribution in [2.75, 3.05) is 34.0 Å². The second-order valence-electron chi connectivity index (χ2n) is 13.4. The minimum Gasteiger partial charge on any atom is -0.461 e. The van der Waals surface area contributed by atoms with Crippen molar-refractivity contribution >= 4 is 38.2 Å². The molecule has 10 nitrogen and oxygen atoms in total. The van der Waals surface area contributed by atoms with Gasteiger partial charge < -0.3 is 24.5 Å². The van der Waals surface area contributed by atoms with Crippen LogP contribution in [0.2, 0.25) is 6.04 Å². The molecular formula is C34H63N4O6SSi+. The Hall–Kier alpha value is -1.86. The number of ether oxygens (including phenoxy) is 2. The van der Waals surface area contributed by atoms with Crippen LogP contribution in [0.25, 0.3) is 0 Å². The zero-order valence-electron chi connectivity index (χ0n) is 30.0. The van der Waals surface area contributed by atoms with Crippen molar-refractivity contribution in [3.05, 3.63) is 16.1 Å². The number of aromatic nitrogens is 1. The minimum absolute atomic E-state index is 0.0517. The highest BCUT2D eigenvalue weighted by Gasteiger charge is 2.39. The van der Waals surface area contributed by atoms with Crippen LogP contribution in [0.3, 0.4) is 0 Å². The summed E-state index contributed by atoms with van der Waals surface area (Å²) in [5, 5.41) is 5.98. The summed E-state index contributed by atoms with van der Waals surface area (Å²) in [6.45, 7) is 16.0. The summed E-state index contributed by atoms with van der Waals surface area (Å²) in [6.07, 6.45) is 7.97. The summed E-state index contributed by atoms with van der Waals surface area (Å²) in [6, 6.07) is -0.359. The molecule has 46 heavy (non-hydrogen) atoms. The maximum Gasteiger partial charge on any atom is 0.404 e. The number of aryl methyl sites for hydroxylation is 1. The van der Waals surface area contributed by atoms with Gasteiger partial charge in [0.15, 0.2) is 5.67 Å². The molecule has 2 heterocycles. The summed E-state index contributed by atoms with van der Waals surface area (Å²) in [5.74, 6) is -0.535. The van der Waals surface area contributed by atoms with Crippen LogP contribution in [-0.2, 0) is 25.5 Å². The van der Waals surface area contributed by atoms with E-state index in [-0.39, 0.29) is 48.1 Å². The molecule has 0 aliphatic carbocycles. The number of piperidine rings is 1. The second kappa shape index (κ2) is 20.5. The molecule has 1 aromatic heterocycles. The molecule has 0 bridgehead atoms. The Kier molecular flexibility index (Phi) is 18.0. The van der Waals surface area contributed by atoms with Crippen LogP contribution in [0, 0.1) is 11.8 Å². The Morgan fingerprint density at radius 1 is 1.17 bits per heavy atom. The standard InChI is InChI=1S/C34H62N4O6SSi/c1-10-13-16-21-44-23-37(33(40)31(25(6)11-2)35-32(39)28-17-14-15-20-36(28)8)27(24(4)5)18-19-30-38(26(7)46(42)12-3)29(22-45-30)34(41)43-9/h22,24-28,31,42,46H,10-21,23H2,1-9H3/p+1. The van der Waals surface area contributed by atoms with Gasteiger partial charge in [0.2, 0.25) is 25.9 Å². The van der Waals surface area contributed by atoms with Gasteiger partial charge in [-0.2, -0.15) is 4.57 Å². The van der Waals surface area contributed by atoms with Crippen LogP contribution in [0.4, 0.5) is 0 Å². The summed E-state index contributed by atoms with van der Waals surface area (Å²) in [4.78, 5) is 55.7. The van der Waals surface area contributed by atoms with E-state index in [1.54, 1.807) is 0 Å². The van der Waals surface area contributed by atoms with Gasteiger partial charge >= 0.3 is 11.7 Å². The Bertz CT molecular complexity index is 1090. The van der Waals surface area contributed by atoms with E-state index in [1.807, 2.05) is 42.7 Å². The van der Waals surface area contributed by atoms with E-state index in [0.717, 1.165) is 56.5 Å². The topological polar surface area (TPSA) is 112 Å².